The number of thioether (sulfide) groups is 1. The van der Waals surface area contributed by atoms with Gasteiger partial charge in [-0.05, 0) is 56.2 Å². The lowest BCUT2D eigenvalue weighted by molar-refractivity contribution is -0.115. The molecule has 0 spiro atoms. The van der Waals surface area contributed by atoms with Gasteiger partial charge in [-0.25, -0.2) is 4.98 Å². The topological polar surface area (TPSA) is 46.9 Å². The van der Waals surface area contributed by atoms with Gasteiger partial charge in [-0.15, -0.1) is 0 Å². The summed E-state index contributed by atoms with van der Waals surface area (Å²) < 4.78 is 3.01. The third-order valence-corrected chi connectivity index (χ3v) is 5.70. The van der Waals surface area contributed by atoms with E-state index < -0.39 is 0 Å². The minimum absolute atomic E-state index is 0.0299. The van der Waals surface area contributed by atoms with Crippen molar-refractivity contribution in [1.82, 2.24) is 9.55 Å². The first-order chi connectivity index (χ1) is 12.5. The predicted octanol–water partition coefficient (Wildman–Crippen LogP) is 5.37. The molecule has 1 unspecified atom stereocenters. The minimum Gasteiger partial charge on any atom is -0.325 e. The van der Waals surface area contributed by atoms with Gasteiger partial charge in [0, 0.05) is 28.2 Å². The van der Waals surface area contributed by atoms with Crippen LogP contribution in [0.15, 0.2) is 64.5 Å². The van der Waals surface area contributed by atoms with Gasteiger partial charge in [0.15, 0.2) is 5.16 Å². The number of rotatable bonds is 5. The average molecular weight is 430 g/mol. The highest BCUT2D eigenvalue weighted by atomic mass is 79.9. The maximum Gasteiger partial charge on any atom is 0.237 e. The van der Waals surface area contributed by atoms with Crippen LogP contribution < -0.4 is 5.32 Å². The molecule has 2 aromatic carbocycles. The summed E-state index contributed by atoms with van der Waals surface area (Å²) in [5.74, 6) is -0.0299. The Morgan fingerprint density at radius 2 is 1.81 bits per heavy atom. The summed E-state index contributed by atoms with van der Waals surface area (Å²) in [6.07, 6.45) is 3.65. The van der Waals surface area contributed by atoms with E-state index in [0.717, 1.165) is 32.1 Å². The Morgan fingerprint density at radius 1 is 1.15 bits per heavy atom. The molecule has 4 nitrogen and oxygen atoms in total. The lowest BCUT2D eigenvalue weighted by atomic mass is 10.1. The second-order valence-corrected chi connectivity index (χ2v) is 8.30. The van der Waals surface area contributed by atoms with Crippen LogP contribution in [0.25, 0.3) is 5.69 Å². The molecule has 0 saturated heterocycles. The molecular weight excluding hydrogens is 410 g/mol. The van der Waals surface area contributed by atoms with Crippen LogP contribution in [0, 0.1) is 13.8 Å². The first-order valence-corrected chi connectivity index (χ1v) is 9.96. The zero-order valence-corrected chi connectivity index (χ0v) is 17.3. The Bertz CT molecular complexity index is 901. The number of halogens is 1. The van der Waals surface area contributed by atoms with Gasteiger partial charge in [0.1, 0.15) is 0 Å². The highest BCUT2D eigenvalue weighted by Gasteiger charge is 2.19. The van der Waals surface area contributed by atoms with Gasteiger partial charge < -0.3 is 5.32 Å². The van der Waals surface area contributed by atoms with Crippen molar-refractivity contribution in [3.63, 3.8) is 0 Å². The molecule has 0 radical (unpaired) electrons. The number of carbonyl (C=O) groups is 1. The van der Waals surface area contributed by atoms with E-state index in [4.69, 9.17) is 0 Å². The summed E-state index contributed by atoms with van der Waals surface area (Å²) in [6.45, 7) is 5.90. The lowest BCUT2D eigenvalue weighted by Crippen LogP contribution is -2.23. The molecule has 134 valence electrons. The standard InChI is InChI=1S/C20H20BrN3OS/c1-13-5-4-6-14(2)18(13)23-19(25)15(3)26-20-22-11-12-24(20)17-9-7-16(21)8-10-17/h4-12,15H,1-3H3,(H,23,25). The van der Waals surface area contributed by atoms with Gasteiger partial charge in [-0.2, -0.15) is 0 Å². The van der Waals surface area contributed by atoms with Crippen LogP contribution in [-0.2, 0) is 4.79 Å². The highest BCUT2D eigenvalue weighted by Crippen LogP contribution is 2.27. The molecule has 1 amide bonds. The molecule has 1 aromatic heterocycles. The monoisotopic (exact) mass is 429 g/mol. The minimum atomic E-state index is -0.273. The third kappa shape index (κ3) is 4.19. The zero-order valence-electron chi connectivity index (χ0n) is 14.9. The van der Waals surface area contributed by atoms with E-state index in [1.807, 2.05) is 74.0 Å². The van der Waals surface area contributed by atoms with E-state index in [1.165, 1.54) is 11.8 Å². The number of hydrogen-bond donors (Lipinski definition) is 1. The van der Waals surface area contributed by atoms with Crippen LogP contribution in [0.2, 0.25) is 0 Å². The Morgan fingerprint density at radius 3 is 2.46 bits per heavy atom. The Balaban J connectivity index is 1.74. The van der Waals surface area contributed by atoms with Crippen molar-refractivity contribution in [3.8, 4) is 5.69 Å². The lowest BCUT2D eigenvalue weighted by Gasteiger charge is -2.16. The molecule has 0 saturated carbocycles. The highest BCUT2D eigenvalue weighted by molar-refractivity contribution is 9.10. The molecule has 0 aliphatic carbocycles. The van der Waals surface area contributed by atoms with Crippen molar-refractivity contribution in [2.75, 3.05) is 5.32 Å². The van der Waals surface area contributed by atoms with Crippen molar-refractivity contribution in [2.24, 2.45) is 0 Å². The quantitative estimate of drug-likeness (QED) is 0.554. The number of aromatic nitrogens is 2. The zero-order chi connectivity index (χ0) is 18.7. The van der Waals surface area contributed by atoms with Crippen molar-refractivity contribution < 1.29 is 4.79 Å². The normalized spacial score (nSPS) is 12.0. The van der Waals surface area contributed by atoms with E-state index in [0.29, 0.717) is 0 Å². The fourth-order valence-electron chi connectivity index (χ4n) is 2.62. The average Bonchev–Trinajstić information content (AvgIpc) is 3.07. The molecule has 3 rings (SSSR count). The van der Waals surface area contributed by atoms with Gasteiger partial charge in [-0.1, -0.05) is 45.9 Å². The number of anilines is 1. The number of imidazole rings is 1. The van der Waals surface area contributed by atoms with Crippen molar-refractivity contribution in [2.45, 2.75) is 31.2 Å². The SMILES string of the molecule is Cc1cccc(C)c1NC(=O)C(C)Sc1nccn1-c1ccc(Br)cc1. The van der Waals surface area contributed by atoms with Crippen molar-refractivity contribution >= 4 is 39.3 Å². The molecule has 0 aliphatic heterocycles. The van der Waals surface area contributed by atoms with Gasteiger partial charge in [0.2, 0.25) is 5.91 Å². The second kappa shape index (κ2) is 8.10. The van der Waals surface area contributed by atoms with E-state index in [-0.39, 0.29) is 11.2 Å². The van der Waals surface area contributed by atoms with Crippen LogP contribution in [0.1, 0.15) is 18.1 Å². The van der Waals surface area contributed by atoms with Gasteiger partial charge in [0.25, 0.3) is 0 Å². The second-order valence-electron chi connectivity index (χ2n) is 6.07. The third-order valence-electron chi connectivity index (χ3n) is 4.09. The summed E-state index contributed by atoms with van der Waals surface area (Å²) in [7, 11) is 0. The molecular formula is C20H20BrN3OS. The van der Waals surface area contributed by atoms with Crippen LogP contribution >= 0.6 is 27.7 Å². The van der Waals surface area contributed by atoms with Crippen LogP contribution in [0.5, 0.6) is 0 Å². The van der Waals surface area contributed by atoms with Gasteiger partial charge >= 0.3 is 0 Å². The van der Waals surface area contributed by atoms with E-state index in [2.05, 4.69) is 26.2 Å². The Kier molecular flexibility index (Phi) is 5.84. The number of benzene rings is 2. The fraction of sp³-hybridized carbons (Fsp3) is 0.200. The summed E-state index contributed by atoms with van der Waals surface area (Å²) in [4.78, 5) is 17.1. The molecule has 26 heavy (non-hydrogen) atoms. The summed E-state index contributed by atoms with van der Waals surface area (Å²) in [5, 5.41) is 3.57. The smallest absolute Gasteiger partial charge is 0.237 e. The number of nitrogens with zero attached hydrogens (tertiary/aromatic N) is 2. The number of para-hydroxylation sites is 1. The number of carbonyl (C=O) groups excluding carboxylic acids is 1. The largest absolute Gasteiger partial charge is 0.325 e. The van der Waals surface area contributed by atoms with E-state index >= 15 is 0 Å². The maximum absolute atomic E-state index is 12.7. The van der Waals surface area contributed by atoms with Gasteiger partial charge in [0.05, 0.1) is 5.25 Å². The molecule has 1 atom stereocenters. The molecule has 3 aromatic rings. The molecule has 1 N–H and O–H groups in total. The fourth-order valence-corrected chi connectivity index (χ4v) is 3.77. The van der Waals surface area contributed by atoms with Gasteiger partial charge in [-0.3, -0.25) is 9.36 Å². The first kappa shape index (κ1) is 18.7. The summed E-state index contributed by atoms with van der Waals surface area (Å²) in [6, 6.07) is 14.0. The number of aryl methyl sites for hydroxylation is 2. The summed E-state index contributed by atoms with van der Waals surface area (Å²) in [5.41, 5.74) is 4.02. The number of amides is 1. The Hall–Kier alpha value is -2.05. The van der Waals surface area contributed by atoms with Crippen molar-refractivity contribution in [1.29, 1.82) is 0 Å². The number of nitrogens with one attached hydrogen (secondary N) is 1. The maximum atomic E-state index is 12.7. The molecule has 6 heteroatoms. The van der Waals surface area contributed by atoms with E-state index in [1.54, 1.807) is 6.20 Å². The van der Waals surface area contributed by atoms with Crippen molar-refractivity contribution in [3.05, 3.63) is 70.5 Å². The predicted molar refractivity (Wildman–Crippen MR) is 111 cm³/mol. The van der Waals surface area contributed by atoms with Crippen LogP contribution in [-0.4, -0.2) is 20.7 Å². The van der Waals surface area contributed by atoms with Crippen LogP contribution in [0.3, 0.4) is 0 Å². The number of hydrogen-bond acceptors (Lipinski definition) is 3. The first-order valence-electron chi connectivity index (χ1n) is 8.28. The Labute approximate surface area is 166 Å². The molecule has 0 aliphatic rings. The molecule has 0 fully saturated rings. The summed E-state index contributed by atoms with van der Waals surface area (Å²) >= 11 is 4.89. The molecule has 1 heterocycles. The molecule has 0 bridgehead atoms. The van der Waals surface area contributed by atoms with Crippen LogP contribution in [0.4, 0.5) is 5.69 Å². The van der Waals surface area contributed by atoms with E-state index in [9.17, 15) is 4.79 Å².